The first-order valence-corrected chi connectivity index (χ1v) is 14.3. The molecular weight excluding hydrogens is 522 g/mol. The van der Waals surface area contributed by atoms with E-state index >= 15 is 0 Å². The van der Waals surface area contributed by atoms with Crippen molar-refractivity contribution in [3.63, 3.8) is 0 Å². The minimum atomic E-state index is -0.857. The van der Waals surface area contributed by atoms with Crippen molar-refractivity contribution >= 4 is 51.9 Å². The van der Waals surface area contributed by atoms with Crippen LogP contribution in [0.25, 0.3) is 0 Å². The Morgan fingerprint density at radius 3 is 2.58 bits per heavy atom. The molecule has 204 valence electrons. The molecule has 5 rings (SSSR count). The molecule has 2 aliphatic rings. The van der Waals surface area contributed by atoms with E-state index in [9.17, 15) is 14.4 Å². The van der Waals surface area contributed by atoms with Gasteiger partial charge in [0.15, 0.2) is 5.17 Å². The fourth-order valence-electron chi connectivity index (χ4n) is 4.65. The van der Waals surface area contributed by atoms with Crippen molar-refractivity contribution in [1.29, 1.82) is 0 Å². The second-order valence-corrected chi connectivity index (χ2v) is 10.9. The molecule has 3 aromatic rings. The number of benzene rings is 3. The highest BCUT2D eigenvalue weighted by Crippen LogP contribution is 2.35. The lowest BCUT2D eigenvalue weighted by Gasteiger charge is -2.27. The number of aliphatic imine (C=N–C) groups is 2. The number of carbonyl (C=O) groups is 3. The zero-order chi connectivity index (χ0) is 28.1. The second-order valence-electron chi connectivity index (χ2n) is 9.72. The van der Waals surface area contributed by atoms with Crippen molar-refractivity contribution in [2.24, 2.45) is 9.98 Å². The molecule has 0 bridgehead atoms. The highest BCUT2D eigenvalue weighted by Gasteiger charge is 2.43. The van der Waals surface area contributed by atoms with Gasteiger partial charge in [-0.2, -0.15) is 0 Å². The number of nitrogens with zero attached hydrogens (tertiary/aromatic N) is 3. The van der Waals surface area contributed by atoms with Gasteiger partial charge in [-0.3, -0.25) is 19.4 Å². The number of thioether (sulfide) groups is 1. The summed E-state index contributed by atoms with van der Waals surface area (Å²) in [6.07, 6.45) is 1.18. The number of hydrogen-bond donors (Lipinski definition) is 2. The van der Waals surface area contributed by atoms with Crippen LogP contribution in [0.15, 0.2) is 88.8 Å². The quantitative estimate of drug-likeness (QED) is 0.395. The van der Waals surface area contributed by atoms with Gasteiger partial charge in [-0.05, 0) is 55.2 Å². The van der Waals surface area contributed by atoms with Crippen molar-refractivity contribution in [3.05, 3.63) is 95.6 Å². The first kappa shape index (κ1) is 27.3. The van der Waals surface area contributed by atoms with Crippen LogP contribution in [0.1, 0.15) is 36.5 Å². The molecule has 0 aliphatic carbocycles. The van der Waals surface area contributed by atoms with Gasteiger partial charge >= 0.3 is 0 Å². The molecule has 0 radical (unpaired) electrons. The fraction of sp³-hybridized carbons (Fsp3) is 0.258. The summed E-state index contributed by atoms with van der Waals surface area (Å²) < 4.78 is 0. The monoisotopic (exact) mass is 553 g/mol. The summed E-state index contributed by atoms with van der Waals surface area (Å²) in [7, 11) is 0. The number of aryl methyl sites for hydroxylation is 1. The highest BCUT2D eigenvalue weighted by atomic mass is 32.2. The van der Waals surface area contributed by atoms with E-state index in [0.717, 1.165) is 22.4 Å². The number of para-hydroxylation sites is 1. The number of anilines is 1. The van der Waals surface area contributed by atoms with Crippen LogP contribution in [0, 0.1) is 6.92 Å². The summed E-state index contributed by atoms with van der Waals surface area (Å²) in [5.41, 5.74) is 4.30. The lowest BCUT2D eigenvalue weighted by atomic mass is 10.1. The van der Waals surface area contributed by atoms with Crippen molar-refractivity contribution < 1.29 is 14.4 Å². The smallest absolute Gasteiger partial charge is 0.259 e. The Hall–Kier alpha value is -4.24. The van der Waals surface area contributed by atoms with Crippen LogP contribution in [0.3, 0.4) is 0 Å². The van der Waals surface area contributed by atoms with Crippen LogP contribution >= 0.6 is 11.8 Å². The molecule has 3 aromatic carbocycles. The second kappa shape index (κ2) is 12.3. The number of hydrogen-bond acceptors (Lipinski definition) is 6. The third-order valence-electron chi connectivity index (χ3n) is 6.70. The van der Waals surface area contributed by atoms with Gasteiger partial charge in [0.2, 0.25) is 11.8 Å². The zero-order valence-corrected chi connectivity index (χ0v) is 23.3. The molecule has 2 N–H and O–H groups in total. The summed E-state index contributed by atoms with van der Waals surface area (Å²) in [5.74, 6) is -0.252. The lowest BCUT2D eigenvalue weighted by Crippen LogP contribution is -2.43. The Morgan fingerprint density at radius 1 is 1.02 bits per heavy atom. The van der Waals surface area contributed by atoms with E-state index in [4.69, 9.17) is 4.99 Å². The van der Waals surface area contributed by atoms with E-state index in [-0.39, 0.29) is 24.1 Å². The van der Waals surface area contributed by atoms with E-state index < -0.39 is 11.3 Å². The summed E-state index contributed by atoms with van der Waals surface area (Å²) in [4.78, 5) is 50.4. The van der Waals surface area contributed by atoms with Crippen molar-refractivity contribution in [2.75, 3.05) is 11.9 Å². The molecule has 2 atom stereocenters. The van der Waals surface area contributed by atoms with E-state index in [0.29, 0.717) is 36.1 Å². The van der Waals surface area contributed by atoms with Crippen LogP contribution in [0.2, 0.25) is 0 Å². The maximum absolute atomic E-state index is 13.6. The van der Waals surface area contributed by atoms with E-state index in [1.807, 2.05) is 92.7 Å². The summed E-state index contributed by atoms with van der Waals surface area (Å²) in [6, 6.07) is 24.1. The molecule has 0 unspecified atom stereocenters. The Labute approximate surface area is 238 Å². The molecule has 40 heavy (non-hydrogen) atoms. The molecule has 9 heteroatoms. The van der Waals surface area contributed by atoms with Gasteiger partial charge in [0.1, 0.15) is 11.9 Å². The number of amidine groups is 2. The van der Waals surface area contributed by atoms with Gasteiger partial charge in [0.05, 0.1) is 17.4 Å². The number of rotatable bonds is 9. The number of carbonyl (C=O) groups excluding carboxylic acids is 3. The van der Waals surface area contributed by atoms with Crippen molar-refractivity contribution in [2.45, 2.75) is 44.4 Å². The maximum atomic E-state index is 13.6. The van der Waals surface area contributed by atoms with Gasteiger partial charge in [-0.15, -0.1) is 0 Å². The Bertz CT molecular complexity index is 1490. The average molecular weight is 554 g/mol. The van der Waals surface area contributed by atoms with Gasteiger partial charge in [-0.25, -0.2) is 9.89 Å². The summed E-state index contributed by atoms with van der Waals surface area (Å²) >= 11 is 1.24. The number of fused-ring (bicyclic) bond motifs is 3. The third kappa shape index (κ3) is 6.15. The van der Waals surface area contributed by atoms with Crippen LogP contribution < -0.4 is 10.6 Å². The SMILES string of the molecule is CC[C@@H](SC1=Nc2ccccc2C2=N[C@@H](CC(=O)NCCc3ccccc3)C(=O)N12)C(=O)Nc1cccc(C)c1. The van der Waals surface area contributed by atoms with Crippen molar-refractivity contribution in [1.82, 2.24) is 10.2 Å². The highest BCUT2D eigenvalue weighted by molar-refractivity contribution is 8.15. The fourth-order valence-corrected chi connectivity index (χ4v) is 5.67. The van der Waals surface area contributed by atoms with Gasteiger partial charge in [0, 0.05) is 17.8 Å². The third-order valence-corrected chi connectivity index (χ3v) is 8.02. The largest absolute Gasteiger partial charge is 0.356 e. The Kier molecular flexibility index (Phi) is 8.40. The standard InChI is InChI=1S/C31H31N5O3S/c1-3-26(29(38)33-22-13-9-10-20(2)18-22)40-31-35-24-15-8-7-14-23(24)28-34-25(30(39)36(28)31)19-27(37)32-17-16-21-11-5-4-6-12-21/h4-15,18,25-26H,3,16-17,19H2,1-2H3,(H,32,37)(H,33,38)/t25-,26+/m0/s1. The van der Waals surface area contributed by atoms with Crippen LogP contribution in [0.5, 0.6) is 0 Å². The molecular formula is C31H31N5O3S. The Balaban J connectivity index is 1.30. The lowest BCUT2D eigenvalue weighted by molar-refractivity contribution is -0.128. The van der Waals surface area contributed by atoms with Gasteiger partial charge < -0.3 is 10.6 Å². The van der Waals surface area contributed by atoms with Crippen LogP contribution in [-0.4, -0.2) is 51.5 Å². The molecule has 8 nitrogen and oxygen atoms in total. The summed E-state index contributed by atoms with van der Waals surface area (Å²) in [5, 5.41) is 5.79. The molecule has 0 spiro atoms. The maximum Gasteiger partial charge on any atom is 0.259 e. The van der Waals surface area contributed by atoms with Crippen molar-refractivity contribution in [3.8, 4) is 0 Å². The molecule has 2 aliphatic heterocycles. The Morgan fingerprint density at radius 2 is 1.80 bits per heavy atom. The molecule has 0 saturated carbocycles. The molecule has 0 fully saturated rings. The van der Waals surface area contributed by atoms with E-state index in [1.165, 1.54) is 16.7 Å². The van der Waals surface area contributed by atoms with Gasteiger partial charge in [0.25, 0.3) is 5.91 Å². The molecule has 0 saturated heterocycles. The minimum Gasteiger partial charge on any atom is -0.356 e. The first-order valence-electron chi connectivity index (χ1n) is 13.4. The topological polar surface area (TPSA) is 103 Å². The predicted octanol–water partition coefficient (Wildman–Crippen LogP) is 4.85. The molecule has 3 amide bonds. The van der Waals surface area contributed by atoms with E-state index in [1.54, 1.807) is 0 Å². The number of nitrogens with one attached hydrogen (secondary N) is 2. The average Bonchev–Trinajstić information content (AvgIpc) is 3.28. The number of amides is 3. The van der Waals surface area contributed by atoms with E-state index in [2.05, 4.69) is 15.6 Å². The molecule has 2 heterocycles. The summed E-state index contributed by atoms with van der Waals surface area (Å²) in [6.45, 7) is 4.37. The predicted molar refractivity (Wildman–Crippen MR) is 160 cm³/mol. The first-order chi connectivity index (χ1) is 19.4. The zero-order valence-electron chi connectivity index (χ0n) is 22.5. The molecule has 0 aromatic heterocycles. The van der Waals surface area contributed by atoms with Crippen LogP contribution in [0.4, 0.5) is 11.4 Å². The minimum absolute atomic E-state index is 0.0568. The van der Waals surface area contributed by atoms with Crippen LogP contribution in [-0.2, 0) is 20.8 Å². The van der Waals surface area contributed by atoms with Gasteiger partial charge in [-0.1, -0.05) is 73.3 Å². The normalized spacial score (nSPS) is 16.4.